The zero-order valence-corrected chi connectivity index (χ0v) is 16.4. The van der Waals surface area contributed by atoms with Gasteiger partial charge in [0.05, 0.1) is 0 Å². The van der Waals surface area contributed by atoms with E-state index in [2.05, 4.69) is 10.3 Å². The molecule has 0 bridgehead atoms. The van der Waals surface area contributed by atoms with Crippen molar-refractivity contribution in [2.24, 2.45) is 4.99 Å². The summed E-state index contributed by atoms with van der Waals surface area (Å²) in [6, 6.07) is 7.06. The zero-order chi connectivity index (χ0) is 19.9. The van der Waals surface area contributed by atoms with Gasteiger partial charge in [-0.2, -0.15) is 0 Å². The second kappa shape index (κ2) is 7.04. The Labute approximate surface area is 164 Å². The minimum atomic E-state index is -0.719. The van der Waals surface area contributed by atoms with Gasteiger partial charge in [0.2, 0.25) is 5.91 Å². The van der Waals surface area contributed by atoms with Crippen LogP contribution in [-0.4, -0.2) is 58.0 Å². The molecule has 1 aromatic rings. The number of rotatable bonds is 4. The maximum atomic E-state index is 13.2. The van der Waals surface area contributed by atoms with Gasteiger partial charge in [0.1, 0.15) is 17.4 Å². The molecule has 4 rings (SSSR count). The van der Waals surface area contributed by atoms with E-state index in [-0.39, 0.29) is 17.7 Å². The molecule has 1 spiro atoms. The summed E-state index contributed by atoms with van der Waals surface area (Å²) in [4.78, 5) is 46.5. The minimum Gasteiger partial charge on any atom is -0.341 e. The van der Waals surface area contributed by atoms with Crippen LogP contribution in [0.5, 0.6) is 0 Å². The molecule has 148 valence electrons. The molecule has 1 N–H and O–H groups in total. The molecule has 1 atom stereocenters. The Balaban J connectivity index is 1.46. The first-order valence-corrected chi connectivity index (χ1v) is 10.1. The van der Waals surface area contributed by atoms with E-state index in [1.807, 2.05) is 38.1 Å². The van der Waals surface area contributed by atoms with E-state index in [0.29, 0.717) is 50.9 Å². The largest absolute Gasteiger partial charge is 0.341 e. The summed E-state index contributed by atoms with van der Waals surface area (Å²) in [5, 5.41) is 2.86. The topological polar surface area (TPSA) is 82.1 Å². The van der Waals surface area contributed by atoms with E-state index in [1.165, 1.54) is 0 Å². The van der Waals surface area contributed by atoms with Crippen LogP contribution in [0.2, 0.25) is 0 Å². The van der Waals surface area contributed by atoms with Crippen molar-refractivity contribution in [3.8, 4) is 0 Å². The number of carbonyl (C=O) groups excluding carboxylic acids is 3. The maximum Gasteiger partial charge on any atom is 0.255 e. The number of nitrogens with one attached hydrogen (secondary N) is 1. The number of amidine groups is 1. The summed E-state index contributed by atoms with van der Waals surface area (Å²) in [6.45, 7) is 5.35. The van der Waals surface area contributed by atoms with Crippen LogP contribution in [0.3, 0.4) is 0 Å². The fourth-order valence-electron chi connectivity index (χ4n) is 4.46. The molecule has 3 amide bonds. The van der Waals surface area contributed by atoms with Crippen LogP contribution < -0.4 is 5.32 Å². The van der Waals surface area contributed by atoms with Gasteiger partial charge in [0, 0.05) is 31.6 Å². The number of carbonyl (C=O) groups is 3. The van der Waals surface area contributed by atoms with Gasteiger partial charge in [-0.15, -0.1) is 0 Å². The number of likely N-dealkylation sites (tertiary alicyclic amines) is 1. The highest BCUT2D eigenvalue weighted by molar-refractivity contribution is 6.08. The summed E-state index contributed by atoms with van der Waals surface area (Å²) in [5.74, 6) is 0.582. The summed E-state index contributed by atoms with van der Waals surface area (Å²) >= 11 is 0. The Hall–Kier alpha value is -2.70. The fourth-order valence-corrected chi connectivity index (χ4v) is 4.46. The quantitative estimate of drug-likeness (QED) is 0.861. The molecule has 1 fully saturated rings. The number of hydrogen-bond acceptors (Lipinski definition) is 4. The number of amides is 3. The first kappa shape index (κ1) is 18.7. The van der Waals surface area contributed by atoms with Crippen LogP contribution in [0.1, 0.15) is 55.5 Å². The first-order valence-electron chi connectivity index (χ1n) is 10.1. The maximum absolute atomic E-state index is 13.2. The van der Waals surface area contributed by atoms with Crippen LogP contribution >= 0.6 is 0 Å². The third-order valence-corrected chi connectivity index (χ3v) is 6.16. The molecule has 0 saturated carbocycles. The molecule has 0 radical (unpaired) electrons. The number of hydrogen-bond donors (Lipinski definition) is 1. The van der Waals surface area contributed by atoms with Gasteiger partial charge in [0.25, 0.3) is 11.8 Å². The molecule has 1 saturated heterocycles. The van der Waals surface area contributed by atoms with Crippen LogP contribution in [0.4, 0.5) is 0 Å². The lowest BCUT2D eigenvalue weighted by molar-refractivity contribution is -0.139. The SMILES string of the molecule is CCC1=NC2(CCN(C(=O)[C@@H](CC)N3Cc4ccccc4C3=O)CC2)C(=O)N1. The summed E-state index contributed by atoms with van der Waals surface area (Å²) in [5.41, 5.74) is 0.944. The molecule has 0 unspecified atom stereocenters. The third kappa shape index (κ3) is 2.89. The van der Waals surface area contributed by atoms with Crippen molar-refractivity contribution in [3.63, 3.8) is 0 Å². The average Bonchev–Trinajstić information content (AvgIpc) is 3.21. The molecule has 7 nitrogen and oxygen atoms in total. The fraction of sp³-hybridized carbons (Fsp3) is 0.524. The van der Waals surface area contributed by atoms with E-state index in [0.717, 1.165) is 11.4 Å². The minimum absolute atomic E-state index is 0.0309. The van der Waals surface area contributed by atoms with Gasteiger partial charge < -0.3 is 15.1 Å². The van der Waals surface area contributed by atoms with Crippen molar-refractivity contribution >= 4 is 23.6 Å². The molecule has 0 aliphatic carbocycles. The van der Waals surface area contributed by atoms with Crippen molar-refractivity contribution in [2.75, 3.05) is 13.1 Å². The van der Waals surface area contributed by atoms with Crippen LogP contribution in [-0.2, 0) is 16.1 Å². The van der Waals surface area contributed by atoms with E-state index >= 15 is 0 Å². The highest BCUT2D eigenvalue weighted by Gasteiger charge is 2.47. The standard InChI is InChI=1S/C21H26N4O3/c1-3-16(25-13-14-7-5-6-8-15(14)18(25)26)19(27)24-11-9-21(10-12-24)20(28)22-17(4-2)23-21/h5-8,16H,3-4,9-13H2,1-2H3,(H,22,23,28)/t16-/m1/s1. The predicted molar refractivity (Wildman–Crippen MR) is 105 cm³/mol. The number of piperidine rings is 1. The average molecular weight is 382 g/mol. The third-order valence-electron chi connectivity index (χ3n) is 6.16. The second-order valence-electron chi connectivity index (χ2n) is 7.74. The van der Waals surface area contributed by atoms with Crippen molar-refractivity contribution in [2.45, 2.75) is 57.7 Å². The Morgan fingerprint density at radius 2 is 1.93 bits per heavy atom. The highest BCUT2D eigenvalue weighted by Crippen LogP contribution is 2.32. The lowest BCUT2D eigenvalue weighted by Gasteiger charge is -2.38. The number of aliphatic imine (C=N–C) groups is 1. The van der Waals surface area contributed by atoms with Crippen molar-refractivity contribution < 1.29 is 14.4 Å². The van der Waals surface area contributed by atoms with Gasteiger partial charge in [-0.25, -0.2) is 0 Å². The van der Waals surface area contributed by atoms with Gasteiger partial charge in [0.15, 0.2) is 0 Å². The van der Waals surface area contributed by atoms with Gasteiger partial charge in [-0.3, -0.25) is 19.4 Å². The normalized spacial score (nSPS) is 21.6. The number of fused-ring (bicyclic) bond motifs is 1. The predicted octanol–water partition coefficient (Wildman–Crippen LogP) is 1.72. The monoisotopic (exact) mass is 382 g/mol. The summed E-state index contributed by atoms with van der Waals surface area (Å²) < 4.78 is 0. The van der Waals surface area contributed by atoms with Gasteiger partial charge in [-0.05, 0) is 30.9 Å². The van der Waals surface area contributed by atoms with Gasteiger partial charge >= 0.3 is 0 Å². The Kier molecular flexibility index (Phi) is 4.69. The molecular formula is C21H26N4O3. The van der Waals surface area contributed by atoms with E-state index < -0.39 is 11.6 Å². The molecule has 28 heavy (non-hydrogen) atoms. The van der Waals surface area contributed by atoms with Crippen molar-refractivity contribution in [3.05, 3.63) is 35.4 Å². The Morgan fingerprint density at radius 1 is 1.21 bits per heavy atom. The van der Waals surface area contributed by atoms with Crippen molar-refractivity contribution in [1.82, 2.24) is 15.1 Å². The molecular weight excluding hydrogens is 356 g/mol. The van der Waals surface area contributed by atoms with E-state index in [9.17, 15) is 14.4 Å². The van der Waals surface area contributed by atoms with Crippen LogP contribution in [0.15, 0.2) is 29.3 Å². The lowest BCUT2D eigenvalue weighted by Crippen LogP contribution is -2.55. The van der Waals surface area contributed by atoms with E-state index in [4.69, 9.17) is 0 Å². The summed E-state index contributed by atoms with van der Waals surface area (Å²) in [7, 11) is 0. The van der Waals surface area contributed by atoms with Crippen LogP contribution in [0, 0.1) is 0 Å². The number of benzene rings is 1. The van der Waals surface area contributed by atoms with Crippen LogP contribution in [0.25, 0.3) is 0 Å². The zero-order valence-electron chi connectivity index (χ0n) is 16.4. The molecule has 3 heterocycles. The smallest absolute Gasteiger partial charge is 0.255 e. The molecule has 3 aliphatic heterocycles. The Bertz CT molecular complexity index is 855. The molecule has 7 heteroatoms. The summed E-state index contributed by atoms with van der Waals surface area (Å²) in [6.07, 6.45) is 2.32. The molecule has 1 aromatic carbocycles. The second-order valence-corrected chi connectivity index (χ2v) is 7.74. The highest BCUT2D eigenvalue weighted by atomic mass is 16.2. The molecule has 0 aromatic heterocycles. The Morgan fingerprint density at radius 3 is 2.54 bits per heavy atom. The molecule has 3 aliphatic rings. The first-order chi connectivity index (χ1) is 13.5. The number of nitrogens with zero attached hydrogens (tertiary/aromatic N) is 3. The lowest BCUT2D eigenvalue weighted by atomic mass is 9.87. The van der Waals surface area contributed by atoms with Crippen molar-refractivity contribution in [1.29, 1.82) is 0 Å². The van der Waals surface area contributed by atoms with Gasteiger partial charge in [-0.1, -0.05) is 32.0 Å². The van der Waals surface area contributed by atoms with E-state index in [1.54, 1.807) is 9.80 Å².